The lowest BCUT2D eigenvalue weighted by molar-refractivity contribution is -0.577. The predicted molar refractivity (Wildman–Crippen MR) is 117 cm³/mol. The van der Waals surface area contributed by atoms with Gasteiger partial charge in [0.2, 0.25) is 5.79 Å². The molecule has 0 amide bonds. The van der Waals surface area contributed by atoms with Crippen molar-refractivity contribution < 1.29 is 24.0 Å². The van der Waals surface area contributed by atoms with Gasteiger partial charge in [-0.25, -0.2) is 14.5 Å². The van der Waals surface area contributed by atoms with Gasteiger partial charge in [-0.3, -0.25) is 0 Å². The zero-order chi connectivity index (χ0) is 22.6. The average Bonchev–Trinajstić information content (AvgIpc) is 3.13. The third kappa shape index (κ3) is 3.63. The van der Waals surface area contributed by atoms with E-state index in [1.54, 1.807) is 0 Å². The molecule has 5 heterocycles. The zero-order valence-electron chi connectivity index (χ0n) is 19.6. The van der Waals surface area contributed by atoms with Crippen molar-refractivity contribution in [3.05, 3.63) is 47.8 Å². The molecule has 1 aliphatic carbocycles. The van der Waals surface area contributed by atoms with Crippen molar-refractivity contribution in [3.63, 3.8) is 0 Å². The molecule has 2 unspecified atom stereocenters. The molecule has 4 aliphatic heterocycles. The van der Waals surface area contributed by atoms with E-state index in [0.717, 1.165) is 25.0 Å². The number of hydrogen-bond acceptors (Lipinski definition) is 7. The predicted octanol–water partition coefficient (Wildman–Crippen LogP) is 4.05. The van der Waals surface area contributed by atoms with Crippen molar-refractivity contribution in [2.75, 3.05) is 0 Å². The number of rotatable bonds is 5. The van der Waals surface area contributed by atoms with Crippen LogP contribution in [0.4, 0.5) is 0 Å². The molecule has 2 aromatic rings. The quantitative estimate of drug-likeness (QED) is 0.630. The highest BCUT2D eigenvalue weighted by atomic mass is 17.3. The second-order valence-corrected chi connectivity index (χ2v) is 10.5. The van der Waals surface area contributed by atoms with Crippen LogP contribution in [0.15, 0.2) is 36.5 Å². The fourth-order valence-corrected chi connectivity index (χ4v) is 6.48. The van der Waals surface area contributed by atoms with Gasteiger partial charge < -0.3 is 14.2 Å². The second kappa shape index (κ2) is 8.13. The Morgan fingerprint density at radius 1 is 1.09 bits per heavy atom. The molecule has 8 atom stereocenters. The van der Waals surface area contributed by atoms with E-state index in [1.807, 2.05) is 36.0 Å². The number of fused-ring (bicyclic) bond motifs is 2. The molecule has 8 nitrogen and oxygen atoms in total. The minimum Gasteiger partial charge on any atom is -0.346 e. The largest absolute Gasteiger partial charge is 0.346 e. The summed E-state index contributed by atoms with van der Waals surface area (Å²) in [6.07, 6.45) is 5.10. The molecule has 178 valence electrons. The fraction of sp³-hybridized carbons (Fsp3) is 0.680. The molecular formula is C25H33N3O5. The molecule has 1 aromatic heterocycles. The molecule has 33 heavy (non-hydrogen) atoms. The molecule has 4 saturated heterocycles. The molecule has 2 bridgehead atoms. The van der Waals surface area contributed by atoms with Gasteiger partial charge in [0.1, 0.15) is 5.69 Å². The number of aromatic nitrogens is 3. The molecule has 5 fully saturated rings. The van der Waals surface area contributed by atoms with Crippen LogP contribution in [0.1, 0.15) is 57.7 Å². The maximum absolute atomic E-state index is 6.48. The number of hydrogen-bond donors (Lipinski definition) is 0. The Morgan fingerprint density at radius 3 is 2.79 bits per heavy atom. The van der Waals surface area contributed by atoms with E-state index in [0.29, 0.717) is 25.0 Å². The summed E-state index contributed by atoms with van der Waals surface area (Å²) in [6.45, 7) is 7.48. The Bertz CT molecular complexity index is 985. The van der Waals surface area contributed by atoms with Crippen molar-refractivity contribution in [3.8, 4) is 0 Å². The fourth-order valence-electron chi connectivity index (χ4n) is 6.48. The van der Waals surface area contributed by atoms with Gasteiger partial charge in [0.25, 0.3) is 0 Å². The van der Waals surface area contributed by atoms with Gasteiger partial charge in [0, 0.05) is 18.3 Å². The Kier molecular flexibility index (Phi) is 5.34. The van der Waals surface area contributed by atoms with Crippen molar-refractivity contribution in [1.82, 2.24) is 15.0 Å². The topological polar surface area (TPSA) is 76.9 Å². The zero-order valence-corrected chi connectivity index (χ0v) is 19.6. The van der Waals surface area contributed by atoms with Gasteiger partial charge in [-0.05, 0) is 43.6 Å². The van der Waals surface area contributed by atoms with Crippen LogP contribution in [0, 0.1) is 23.7 Å². The summed E-state index contributed by atoms with van der Waals surface area (Å²) in [7, 11) is 0. The third-order valence-corrected chi connectivity index (χ3v) is 8.27. The minimum absolute atomic E-state index is 0.144. The Balaban J connectivity index is 1.17. The summed E-state index contributed by atoms with van der Waals surface area (Å²) < 4.78 is 21.0. The number of benzene rings is 1. The van der Waals surface area contributed by atoms with Gasteiger partial charge in [-0.1, -0.05) is 49.4 Å². The number of ether oxygens (including phenoxy) is 3. The highest BCUT2D eigenvalue weighted by molar-refractivity contribution is 5.15. The van der Waals surface area contributed by atoms with Crippen LogP contribution in [0.5, 0.6) is 0 Å². The molecule has 0 radical (unpaired) electrons. The van der Waals surface area contributed by atoms with Crippen LogP contribution in [-0.4, -0.2) is 39.0 Å². The van der Waals surface area contributed by atoms with Gasteiger partial charge >= 0.3 is 0 Å². The maximum atomic E-state index is 6.48. The SMILES string of the molecule is C[C@@H]1CC[C@H]2[C@@H](C)C(OCc3cn(Cc4ccccc4)nn3)O[C@@H]3OC4(C)CC[C@@H]1[C@]32OO4. The first-order valence-electron chi connectivity index (χ1n) is 12.2. The Morgan fingerprint density at radius 2 is 1.94 bits per heavy atom. The summed E-state index contributed by atoms with van der Waals surface area (Å²) in [6, 6.07) is 10.2. The molecule has 1 saturated carbocycles. The van der Waals surface area contributed by atoms with Crippen molar-refractivity contribution in [2.45, 2.75) is 83.6 Å². The molecule has 5 aliphatic rings. The van der Waals surface area contributed by atoms with Gasteiger partial charge in [-0.15, -0.1) is 5.10 Å². The van der Waals surface area contributed by atoms with E-state index in [2.05, 4.69) is 36.3 Å². The molecule has 1 spiro atoms. The summed E-state index contributed by atoms with van der Waals surface area (Å²) in [5.41, 5.74) is 1.40. The van der Waals surface area contributed by atoms with E-state index in [9.17, 15) is 0 Å². The first kappa shape index (κ1) is 21.7. The third-order valence-electron chi connectivity index (χ3n) is 8.27. The first-order valence-corrected chi connectivity index (χ1v) is 12.2. The lowest BCUT2D eigenvalue weighted by Crippen LogP contribution is -2.70. The molecular weight excluding hydrogens is 422 g/mol. The summed E-state index contributed by atoms with van der Waals surface area (Å²) in [4.78, 5) is 12.1. The van der Waals surface area contributed by atoms with Gasteiger partial charge in [0.05, 0.1) is 19.3 Å². The van der Waals surface area contributed by atoms with Crippen molar-refractivity contribution in [2.24, 2.45) is 23.7 Å². The normalized spacial score (nSPS) is 42.0. The van der Waals surface area contributed by atoms with Crippen LogP contribution < -0.4 is 0 Å². The lowest BCUT2D eigenvalue weighted by Gasteiger charge is -2.60. The second-order valence-electron chi connectivity index (χ2n) is 10.5. The standard InChI is InChI=1S/C25H33N3O5/c1-16-9-10-21-17(2)22(30-23-25(21)20(16)11-12-24(3,31-23)32-33-25)29-15-19-14-28(27-26-19)13-18-7-5-4-6-8-18/h4-8,14,16-17,20-23H,9-13,15H2,1-3H3/t16-,17-,20+,21+,22?,23-,24?,25-/m1/s1. The molecule has 8 heteroatoms. The maximum Gasteiger partial charge on any atom is 0.201 e. The van der Waals surface area contributed by atoms with E-state index >= 15 is 0 Å². The van der Waals surface area contributed by atoms with Gasteiger partial charge in [0.15, 0.2) is 18.2 Å². The Labute approximate surface area is 194 Å². The summed E-state index contributed by atoms with van der Waals surface area (Å²) in [5, 5.41) is 8.55. The van der Waals surface area contributed by atoms with E-state index in [4.69, 9.17) is 24.0 Å². The van der Waals surface area contributed by atoms with E-state index in [-0.39, 0.29) is 11.8 Å². The van der Waals surface area contributed by atoms with Gasteiger partial charge in [-0.2, -0.15) is 0 Å². The lowest BCUT2D eigenvalue weighted by atomic mass is 9.58. The molecule has 1 aromatic carbocycles. The smallest absolute Gasteiger partial charge is 0.201 e. The molecule has 0 N–H and O–H groups in total. The molecule has 7 rings (SSSR count). The summed E-state index contributed by atoms with van der Waals surface area (Å²) in [5.74, 6) is 0.517. The average molecular weight is 456 g/mol. The minimum atomic E-state index is -0.775. The van der Waals surface area contributed by atoms with E-state index in [1.165, 1.54) is 12.0 Å². The number of nitrogens with zero attached hydrogens (tertiary/aromatic N) is 3. The van der Waals surface area contributed by atoms with E-state index < -0.39 is 24.0 Å². The van der Waals surface area contributed by atoms with Crippen molar-refractivity contribution >= 4 is 0 Å². The highest BCUT2D eigenvalue weighted by Gasteiger charge is 2.69. The van der Waals surface area contributed by atoms with Crippen molar-refractivity contribution in [1.29, 1.82) is 0 Å². The van der Waals surface area contributed by atoms with Crippen LogP contribution in [-0.2, 0) is 37.1 Å². The van der Waals surface area contributed by atoms with Crippen LogP contribution in [0.2, 0.25) is 0 Å². The summed E-state index contributed by atoms with van der Waals surface area (Å²) >= 11 is 0. The van der Waals surface area contributed by atoms with Crippen LogP contribution >= 0.6 is 0 Å². The van der Waals surface area contributed by atoms with Crippen LogP contribution in [0.25, 0.3) is 0 Å². The van der Waals surface area contributed by atoms with Crippen LogP contribution in [0.3, 0.4) is 0 Å². The monoisotopic (exact) mass is 455 g/mol. The highest BCUT2D eigenvalue weighted by Crippen LogP contribution is 2.60. The Hall–Kier alpha value is -1.84. The first-order chi connectivity index (χ1) is 16.0.